The average Bonchev–Trinajstić information content (AvgIpc) is 2.64. The first-order valence-electron chi connectivity index (χ1n) is 8.08. The molecule has 1 atom stereocenters. The normalized spacial score (nSPS) is 11.6. The summed E-state index contributed by atoms with van der Waals surface area (Å²) in [6, 6.07) is 13.3. The maximum Gasteiger partial charge on any atom is 0.303 e. The molecule has 1 amide bonds. The minimum atomic E-state index is -0.871. The first-order valence-corrected chi connectivity index (χ1v) is 8.08. The molecule has 0 heterocycles. The number of nitrogen functional groups attached to an aromatic ring is 1. The molecule has 136 valence electrons. The smallest absolute Gasteiger partial charge is 0.303 e. The van der Waals surface area contributed by atoms with E-state index in [0.29, 0.717) is 23.1 Å². The van der Waals surface area contributed by atoms with E-state index in [9.17, 15) is 14.7 Å². The number of aryl methyl sites for hydroxylation is 1. The molecule has 0 aliphatic rings. The summed E-state index contributed by atoms with van der Waals surface area (Å²) in [5.74, 6) is -1.26. The van der Waals surface area contributed by atoms with Crippen LogP contribution >= 0.6 is 0 Å². The summed E-state index contributed by atoms with van der Waals surface area (Å²) in [6.45, 7) is 0.0434. The van der Waals surface area contributed by atoms with E-state index in [1.54, 1.807) is 48.5 Å². The molecule has 2 rings (SSSR count). The zero-order valence-electron chi connectivity index (χ0n) is 14.1. The third-order valence-electron chi connectivity index (χ3n) is 3.91. The molecule has 0 spiro atoms. The lowest BCUT2D eigenvalue weighted by atomic mass is 10.0. The zero-order chi connectivity index (χ0) is 19.1. The van der Waals surface area contributed by atoms with Gasteiger partial charge < -0.3 is 21.3 Å². The maximum absolute atomic E-state index is 12.1. The second kappa shape index (κ2) is 8.77. The van der Waals surface area contributed by atoms with Crippen molar-refractivity contribution in [1.29, 1.82) is 5.41 Å². The molecule has 6 N–H and O–H groups in total. The summed E-state index contributed by atoms with van der Waals surface area (Å²) in [6.07, 6.45) is -0.386. The Morgan fingerprint density at radius 3 is 2.15 bits per heavy atom. The van der Waals surface area contributed by atoms with Crippen LogP contribution in [0, 0.1) is 5.41 Å². The van der Waals surface area contributed by atoms with Crippen LogP contribution in [0.5, 0.6) is 0 Å². The van der Waals surface area contributed by atoms with Gasteiger partial charge in [-0.2, -0.15) is 0 Å². The minimum absolute atomic E-state index is 0.0434. The number of carbonyl (C=O) groups excluding carboxylic acids is 1. The van der Waals surface area contributed by atoms with Gasteiger partial charge in [-0.15, -0.1) is 0 Å². The fourth-order valence-corrected chi connectivity index (χ4v) is 2.37. The SMILES string of the molecule is N=C(N)c1ccc(C(=O)NCC(O)c2ccc(CCC(=O)O)cc2)cc1. The van der Waals surface area contributed by atoms with Gasteiger partial charge in [0, 0.05) is 24.1 Å². The molecule has 0 radical (unpaired) electrons. The number of amidine groups is 1. The largest absolute Gasteiger partial charge is 0.481 e. The van der Waals surface area contributed by atoms with E-state index in [1.165, 1.54) is 0 Å². The van der Waals surface area contributed by atoms with Crippen molar-refractivity contribution in [3.8, 4) is 0 Å². The number of nitrogens with one attached hydrogen (secondary N) is 2. The lowest BCUT2D eigenvalue weighted by Gasteiger charge is -2.13. The maximum atomic E-state index is 12.1. The highest BCUT2D eigenvalue weighted by molar-refractivity contribution is 5.98. The third kappa shape index (κ3) is 5.42. The molecular formula is C19H21N3O4. The summed E-state index contributed by atoms with van der Waals surface area (Å²) in [5.41, 5.74) is 7.82. The highest BCUT2D eigenvalue weighted by Crippen LogP contribution is 2.14. The van der Waals surface area contributed by atoms with E-state index in [2.05, 4.69) is 5.32 Å². The van der Waals surface area contributed by atoms with Crippen LogP contribution in [0.15, 0.2) is 48.5 Å². The Bertz CT molecular complexity index is 785. The lowest BCUT2D eigenvalue weighted by molar-refractivity contribution is -0.136. The first kappa shape index (κ1) is 19.1. The number of benzene rings is 2. The van der Waals surface area contributed by atoms with Gasteiger partial charge in [0.2, 0.25) is 0 Å². The number of hydrogen-bond donors (Lipinski definition) is 5. The van der Waals surface area contributed by atoms with Crippen LogP contribution in [-0.2, 0) is 11.2 Å². The van der Waals surface area contributed by atoms with E-state index in [4.69, 9.17) is 16.2 Å². The highest BCUT2D eigenvalue weighted by Gasteiger charge is 2.11. The van der Waals surface area contributed by atoms with Crippen molar-refractivity contribution < 1.29 is 19.8 Å². The fourth-order valence-electron chi connectivity index (χ4n) is 2.37. The standard InChI is InChI=1S/C19H21N3O4/c20-18(21)14-6-8-15(9-7-14)19(26)22-11-16(23)13-4-1-12(2-5-13)3-10-17(24)25/h1-2,4-9,16,23H,3,10-11H2,(H3,20,21)(H,22,26)(H,24,25). The lowest BCUT2D eigenvalue weighted by Crippen LogP contribution is -2.28. The molecule has 0 saturated carbocycles. The molecule has 0 aliphatic heterocycles. The molecule has 1 unspecified atom stereocenters. The predicted molar refractivity (Wildman–Crippen MR) is 97.1 cm³/mol. The van der Waals surface area contributed by atoms with Crippen molar-refractivity contribution in [1.82, 2.24) is 5.32 Å². The monoisotopic (exact) mass is 355 g/mol. The Kier molecular flexibility index (Phi) is 6.46. The Labute approximate surface area is 151 Å². The van der Waals surface area contributed by atoms with Gasteiger partial charge in [0.25, 0.3) is 5.91 Å². The number of amides is 1. The Morgan fingerprint density at radius 1 is 1.04 bits per heavy atom. The van der Waals surface area contributed by atoms with Gasteiger partial charge in [-0.1, -0.05) is 36.4 Å². The summed E-state index contributed by atoms with van der Waals surface area (Å²) >= 11 is 0. The minimum Gasteiger partial charge on any atom is -0.481 e. The summed E-state index contributed by atoms with van der Waals surface area (Å²) < 4.78 is 0. The van der Waals surface area contributed by atoms with E-state index >= 15 is 0 Å². The summed E-state index contributed by atoms with van der Waals surface area (Å²) in [5, 5.41) is 28.8. The quantitative estimate of drug-likeness (QED) is 0.361. The van der Waals surface area contributed by atoms with Gasteiger partial charge >= 0.3 is 5.97 Å². The van der Waals surface area contributed by atoms with Crippen molar-refractivity contribution in [2.45, 2.75) is 18.9 Å². The molecule has 2 aromatic carbocycles. The van der Waals surface area contributed by atoms with Gasteiger partial charge in [-0.25, -0.2) is 0 Å². The van der Waals surface area contributed by atoms with Crippen molar-refractivity contribution >= 4 is 17.7 Å². The highest BCUT2D eigenvalue weighted by atomic mass is 16.4. The number of carboxylic acids is 1. The average molecular weight is 355 g/mol. The molecular weight excluding hydrogens is 334 g/mol. The number of rotatable bonds is 8. The van der Waals surface area contributed by atoms with Crippen LogP contribution in [0.25, 0.3) is 0 Å². The van der Waals surface area contributed by atoms with E-state index in [0.717, 1.165) is 5.56 Å². The van der Waals surface area contributed by atoms with Crippen LogP contribution in [-0.4, -0.2) is 34.5 Å². The molecule has 7 nitrogen and oxygen atoms in total. The van der Waals surface area contributed by atoms with E-state index in [-0.39, 0.29) is 24.7 Å². The van der Waals surface area contributed by atoms with Crippen LogP contribution < -0.4 is 11.1 Å². The number of hydrogen-bond acceptors (Lipinski definition) is 4. The van der Waals surface area contributed by atoms with Crippen LogP contribution in [0.2, 0.25) is 0 Å². The number of carboxylic acid groups (broad SMARTS) is 1. The molecule has 0 fully saturated rings. The van der Waals surface area contributed by atoms with Crippen LogP contribution in [0.1, 0.15) is 39.6 Å². The van der Waals surface area contributed by atoms with Gasteiger partial charge in [-0.05, 0) is 29.7 Å². The predicted octanol–water partition coefficient (Wildman–Crippen LogP) is 1.45. The molecule has 0 aromatic heterocycles. The Hall–Kier alpha value is -3.19. The number of aliphatic hydroxyl groups is 1. The Balaban J connectivity index is 1.89. The number of nitrogens with two attached hydrogens (primary N) is 1. The van der Waals surface area contributed by atoms with Crippen molar-refractivity contribution in [2.24, 2.45) is 5.73 Å². The van der Waals surface area contributed by atoms with Crippen LogP contribution in [0.3, 0.4) is 0 Å². The first-order chi connectivity index (χ1) is 12.4. The van der Waals surface area contributed by atoms with E-state index < -0.39 is 12.1 Å². The van der Waals surface area contributed by atoms with Gasteiger partial charge in [0.05, 0.1) is 6.10 Å². The van der Waals surface area contributed by atoms with Gasteiger partial charge in [0.1, 0.15) is 5.84 Å². The molecule has 0 aliphatic carbocycles. The Morgan fingerprint density at radius 2 is 1.62 bits per heavy atom. The third-order valence-corrected chi connectivity index (χ3v) is 3.91. The number of carbonyl (C=O) groups is 2. The summed E-state index contributed by atoms with van der Waals surface area (Å²) in [7, 11) is 0. The van der Waals surface area contributed by atoms with Crippen molar-refractivity contribution in [3.05, 3.63) is 70.8 Å². The molecule has 2 aromatic rings. The number of aliphatic carboxylic acids is 1. The number of aliphatic hydroxyl groups excluding tert-OH is 1. The van der Waals surface area contributed by atoms with Gasteiger partial charge in [-0.3, -0.25) is 15.0 Å². The van der Waals surface area contributed by atoms with Gasteiger partial charge in [0.15, 0.2) is 0 Å². The second-order valence-corrected chi connectivity index (χ2v) is 5.85. The van der Waals surface area contributed by atoms with E-state index in [1.807, 2.05) is 0 Å². The fraction of sp³-hybridized carbons (Fsp3) is 0.211. The van der Waals surface area contributed by atoms with Crippen LogP contribution in [0.4, 0.5) is 0 Å². The molecule has 0 saturated heterocycles. The summed E-state index contributed by atoms with van der Waals surface area (Å²) in [4.78, 5) is 22.7. The second-order valence-electron chi connectivity index (χ2n) is 5.85. The molecule has 0 bridgehead atoms. The zero-order valence-corrected chi connectivity index (χ0v) is 14.1. The topological polar surface area (TPSA) is 136 Å². The molecule has 26 heavy (non-hydrogen) atoms. The van der Waals surface area contributed by atoms with Crippen molar-refractivity contribution in [3.63, 3.8) is 0 Å². The molecule has 7 heteroatoms. The van der Waals surface area contributed by atoms with Crippen molar-refractivity contribution in [2.75, 3.05) is 6.54 Å².